The standard InChI is InChI=1S/C29H32N4O4/c34-24-5-3-18-4-6-25(35)33-22(16-32(24)26(18)33)13-27-7-8-28(12-20(11-27)29(27,36)17-28)31-14-21-10-19-2-1-9-37-23(19)15-30-21/h3-6,10,15,20,22,31,36H,1-2,7-9,11-14,16-17H2/t20?,22-,27+,28?,29-/m1/s1. The maximum Gasteiger partial charge on any atom is 0.252 e. The van der Waals surface area contributed by atoms with Gasteiger partial charge in [-0.25, -0.2) is 0 Å². The molecule has 0 radical (unpaired) electrons. The van der Waals surface area contributed by atoms with E-state index in [1.165, 1.54) is 5.56 Å². The first kappa shape index (κ1) is 22.1. The molecule has 3 fully saturated rings. The van der Waals surface area contributed by atoms with Crippen molar-refractivity contribution in [3.8, 4) is 5.75 Å². The highest BCUT2D eigenvalue weighted by Crippen LogP contribution is 2.73. The van der Waals surface area contributed by atoms with E-state index in [1.807, 2.05) is 10.8 Å². The lowest BCUT2D eigenvalue weighted by Gasteiger charge is -2.62. The van der Waals surface area contributed by atoms with Crippen molar-refractivity contribution in [3.05, 3.63) is 68.5 Å². The second-order valence-electron chi connectivity index (χ2n) is 12.3. The lowest BCUT2D eigenvalue weighted by molar-refractivity contribution is -0.221. The molecule has 8 rings (SSSR count). The normalized spacial score (nSPS) is 34.7. The van der Waals surface area contributed by atoms with Crippen LogP contribution < -0.4 is 21.2 Å². The summed E-state index contributed by atoms with van der Waals surface area (Å²) in [5, 5.41) is 16.8. The maximum absolute atomic E-state index is 12.9. The summed E-state index contributed by atoms with van der Waals surface area (Å²) in [6.45, 7) is 1.97. The van der Waals surface area contributed by atoms with E-state index >= 15 is 0 Å². The molecule has 2 unspecified atom stereocenters. The monoisotopic (exact) mass is 500 g/mol. The van der Waals surface area contributed by atoms with Crippen LogP contribution in [0.1, 0.15) is 62.2 Å². The van der Waals surface area contributed by atoms with Gasteiger partial charge in [-0.1, -0.05) is 0 Å². The van der Waals surface area contributed by atoms with E-state index in [0.29, 0.717) is 13.1 Å². The summed E-state index contributed by atoms with van der Waals surface area (Å²) in [5.41, 5.74) is 1.89. The maximum atomic E-state index is 12.9. The molecule has 0 aromatic carbocycles. The molecule has 0 saturated heterocycles. The third kappa shape index (κ3) is 2.94. The number of nitrogens with zero attached hydrogens (tertiary/aromatic N) is 3. The summed E-state index contributed by atoms with van der Waals surface area (Å²) in [6, 6.07) is 8.88. The van der Waals surface area contributed by atoms with Crippen molar-refractivity contribution in [1.82, 2.24) is 19.4 Å². The van der Waals surface area contributed by atoms with Gasteiger partial charge in [0.05, 0.1) is 30.1 Å². The number of ether oxygens (including phenoxy) is 1. The summed E-state index contributed by atoms with van der Waals surface area (Å²) in [5.74, 6) is 1.20. The number of rotatable bonds is 5. The summed E-state index contributed by atoms with van der Waals surface area (Å²) in [6.07, 6.45) is 9.35. The summed E-state index contributed by atoms with van der Waals surface area (Å²) >= 11 is 0. The Balaban J connectivity index is 1.03. The largest absolute Gasteiger partial charge is 0.492 e. The van der Waals surface area contributed by atoms with Crippen molar-refractivity contribution in [3.63, 3.8) is 0 Å². The van der Waals surface area contributed by atoms with E-state index in [-0.39, 0.29) is 34.0 Å². The van der Waals surface area contributed by atoms with E-state index in [1.54, 1.807) is 28.8 Å². The van der Waals surface area contributed by atoms with Gasteiger partial charge in [0.15, 0.2) is 0 Å². The van der Waals surface area contributed by atoms with Gasteiger partial charge in [0, 0.05) is 41.6 Å². The molecule has 3 aromatic rings. The van der Waals surface area contributed by atoms with Gasteiger partial charge >= 0.3 is 0 Å². The Bertz CT molecular complexity index is 1570. The molecule has 2 bridgehead atoms. The average Bonchev–Trinajstić information content (AvgIpc) is 3.30. The van der Waals surface area contributed by atoms with Crippen LogP contribution in [0.5, 0.6) is 5.75 Å². The highest BCUT2D eigenvalue weighted by Gasteiger charge is 2.74. The first-order chi connectivity index (χ1) is 17.9. The molecule has 192 valence electrons. The molecule has 8 nitrogen and oxygen atoms in total. The van der Waals surface area contributed by atoms with Crippen molar-refractivity contribution in [2.24, 2.45) is 11.3 Å². The molecule has 5 aliphatic rings. The van der Waals surface area contributed by atoms with E-state index in [9.17, 15) is 14.7 Å². The summed E-state index contributed by atoms with van der Waals surface area (Å²) in [7, 11) is 0. The molecule has 5 atom stereocenters. The Kier molecular flexibility index (Phi) is 4.36. The van der Waals surface area contributed by atoms with Crippen molar-refractivity contribution in [2.45, 2.75) is 81.6 Å². The van der Waals surface area contributed by atoms with Crippen LogP contribution in [0.2, 0.25) is 0 Å². The Morgan fingerprint density at radius 3 is 2.89 bits per heavy atom. The van der Waals surface area contributed by atoms with Crippen LogP contribution in [0.15, 0.2) is 46.1 Å². The summed E-state index contributed by atoms with van der Waals surface area (Å²) in [4.78, 5) is 30.2. The van der Waals surface area contributed by atoms with Gasteiger partial charge in [0.25, 0.3) is 11.1 Å². The third-order valence-corrected chi connectivity index (χ3v) is 10.5. The molecule has 37 heavy (non-hydrogen) atoms. The highest BCUT2D eigenvalue weighted by atomic mass is 16.5. The van der Waals surface area contributed by atoms with Crippen molar-refractivity contribution in [2.75, 3.05) is 6.61 Å². The number of aryl methyl sites for hydroxylation is 1. The van der Waals surface area contributed by atoms with Crippen LogP contribution in [-0.4, -0.2) is 37.0 Å². The molecule has 3 aromatic heterocycles. The van der Waals surface area contributed by atoms with Gasteiger partial charge in [0.2, 0.25) is 0 Å². The lowest BCUT2D eigenvalue weighted by Crippen LogP contribution is -2.65. The number of aliphatic hydroxyl groups is 1. The SMILES string of the molecule is O=c1ccc2ccc(=O)n3c2n1C[C@H]3C[C@]12CCC3(NCc4cc5c(cn4)OCCC5)CC(C1)[C@]2(O)C3. The Hall–Kier alpha value is -2.97. The van der Waals surface area contributed by atoms with Crippen LogP contribution in [0.3, 0.4) is 0 Å². The predicted octanol–water partition coefficient (Wildman–Crippen LogP) is 2.68. The third-order valence-electron chi connectivity index (χ3n) is 10.5. The van der Waals surface area contributed by atoms with Crippen molar-refractivity contribution in [1.29, 1.82) is 0 Å². The topological polar surface area (TPSA) is 98.4 Å². The summed E-state index contributed by atoms with van der Waals surface area (Å²) < 4.78 is 9.29. The molecule has 0 amide bonds. The Morgan fingerprint density at radius 1 is 1.14 bits per heavy atom. The van der Waals surface area contributed by atoms with Crippen LogP contribution in [0, 0.1) is 11.3 Å². The Morgan fingerprint density at radius 2 is 2.00 bits per heavy atom. The van der Waals surface area contributed by atoms with E-state index < -0.39 is 5.60 Å². The van der Waals surface area contributed by atoms with Gasteiger partial charge in [0.1, 0.15) is 11.4 Å². The van der Waals surface area contributed by atoms with Gasteiger partial charge in [-0.15, -0.1) is 0 Å². The molecular weight excluding hydrogens is 468 g/mol. The molecule has 5 heterocycles. The minimum Gasteiger partial charge on any atom is -0.492 e. The number of fused-ring (bicyclic) bond motifs is 2. The highest BCUT2D eigenvalue weighted by molar-refractivity contribution is 5.76. The minimum atomic E-state index is -0.716. The van der Waals surface area contributed by atoms with Crippen LogP contribution in [0.25, 0.3) is 11.0 Å². The zero-order valence-electron chi connectivity index (χ0n) is 20.9. The fourth-order valence-corrected chi connectivity index (χ4v) is 8.76. The number of hydrogen-bond acceptors (Lipinski definition) is 6. The van der Waals surface area contributed by atoms with Crippen molar-refractivity contribution >= 4 is 11.0 Å². The number of hydrogen-bond donors (Lipinski definition) is 2. The van der Waals surface area contributed by atoms with Gasteiger partial charge < -0.3 is 15.2 Å². The van der Waals surface area contributed by atoms with Gasteiger partial charge in [-0.05, 0) is 81.0 Å². The van der Waals surface area contributed by atoms with E-state index in [0.717, 1.165) is 80.5 Å². The average molecular weight is 501 g/mol. The second kappa shape index (κ2) is 7.32. The molecule has 2 N–H and O–H groups in total. The molecule has 8 heteroatoms. The Labute approximate surface area is 214 Å². The van der Waals surface area contributed by atoms with E-state index in [4.69, 9.17) is 4.74 Å². The molecule has 2 aliphatic heterocycles. The number of aromatic nitrogens is 3. The number of pyridine rings is 3. The van der Waals surface area contributed by atoms with Crippen LogP contribution in [-0.2, 0) is 19.5 Å². The van der Waals surface area contributed by atoms with E-state index in [2.05, 4.69) is 16.4 Å². The predicted molar refractivity (Wildman–Crippen MR) is 138 cm³/mol. The first-order valence-electron chi connectivity index (χ1n) is 13.7. The quantitative estimate of drug-likeness (QED) is 0.559. The van der Waals surface area contributed by atoms with Gasteiger partial charge in [-0.3, -0.25) is 23.7 Å². The zero-order chi connectivity index (χ0) is 25.0. The lowest BCUT2D eigenvalue weighted by atomic mass is 9.47. The molecule has 3 saturated carbocycles. The molecule has 0 spiro atoms. The number of nitrogens with one attached hydrogen (secondary N) is 1. The van der Waals surface area contributed by atoms with Gasteiger partial charge in [-0.2, -0.15) is 0 Å². The smallest absolute Gasteiger partial charge is 0.252 e. The molecular formula is C29H32N4O4. The zero-order valence-corrected chi connectivity index (χ0v) is 20.9. The fraction of sp³-hybridized carbons (Fsp3) is 0.552. The van der Waals surface area contributed by atoms with Crippen LogP contribution in [0.4, 0.5) is 0 Å². The first-order valence-corrected chi connectivity index (χ1v) is 13.7. The fourth-order valence-electron chi connectivity index (χ4n) is 8.76. The van der Waals surface area contributed by atoms with Crippen molar-refractivity contribution < 1.29 is 9.84 Å². The second-order valence-corrected chi connectivity index (χ2v) is 12.3. The molecule has 3 aliphatic carbocycles. The minimum absolute atomic E-state index is 0.0604. The van der Waals surface area contributed by atoms with Crippen LogP contribution >= 0.6 is 0 Å².